The largest absolute Gasteiger partial charge is 0.451 e. The Morgan fingerprint density at radius 1 is 1.26 bits per heavy atom. The topological polar surface area (TPSA) is 99.1 Å². The fourth-order valence-electron chi connectivity index (χ4n) is 2.46. The van der Waals surface area contributed by atoms with Gasteiger partial charge >= 0.3 is 11.9 Å². The van der Waals surface area contributed by atoms with Gasteiger partial charge in [0.15, 0.2) is 11.2 Å². The second-order valence-corrected chi connectivity index (χ2v) is 5.61. The third-order valence-corrected chi connectivity index (χ3v) is 3.76. The van der Waals surface area contributed by atoms with Crippen molar-refractivity contribution in [3.8, 4) is 0 Å². The summed E-state index contributed by atoms with van der Waals surface area (Å²) >= 11 is 0. The van der Waals surface area contributed by atoms with Crippen LogP contribution in [0.5, 0.6) is 0 Å². The van der Waals surface area contributed by atoms with E-state index in [2.05, 4.69) is 10.4 Å². The molecule has 0 spiro atoms. The molecule has 0 aliphatic carbocycles. The van der Waals surface area contributed by atoms with E-state index in [1.165, 1.54) is 6.07 Å². The van der Waals surface area contributed by atoms with Crippen LogP contribution in [0.4, 0.5) is 13.2 Å². The van der Waals surface area contributed by atoms with Gasteiger partial charge < -0.3 is 9.73 Å². The van der Waals surface area contributed by atoms with Crippen molar-refractivity contribution in [2.45, 2.75) is 12.7 Å². The predicted octanol–water partition coefficient (Wildman–Crippen LogP) is 1.14. The van der Waals surface area contributed by atoms with Gasteiger partial charge in [0.1, 0.15) is 5.58 Å². The van der Waals surface area contributed by atoms with Crippen LogP contribution >= 0.6 is 0 Å². The van der Waals surface area contributed by atoms with Crippen LogP contribution in [0.2, 0.25) is 0 Å². The van der Waals surface area contributed by atoms with Gasteiger partial charge in [-0.05, 0) is 12.1 Å². The standard InChI is InChI=1S/C16H13F3N4O4/c1-22-14(16(17,18)19)21-23(15(22)26)7-6-20-13(25)12-8-10(24)9-4-2-3-5-11(9)27-12/h2-5,8H,6-7H2,1H3,(H,20,25). The number of para-hydroxylation sites is 1. The highest BCUT2D eigenvalue weighted by atomic mass is 19.4. The first-order valence-corrected chi connectivity index (χ1v) is 7.70. The number of hydrogen-bond donors (Lipinski definition) is 1. The van der Waals surface area contributed by atoms with Gasteiger partial charge in [0.2, 0.25) is 5.82 Å². The van der Waals surface area contributed by atoms with Crippen molar-refractivity contribution < 1.29 is 22.4 Å². The Morgan fingerprint density at radius 3 is 2.63 bits per heavy atom. The van der Waals surface area contributed by atoms with E-state index in [-0.39, 0.29) is 24.4 Å². The molecule has 142 valence electrons. The number of benzene rings is 1. The molecule has 0 saturated heterocycles. The highest BCUT2D eigenvalue weighted by molar-refractivity contribution is 5.93. The van der Waals surface area contributed by atoms with Crippen molar-refractivity contribution in [1.29, 1.82) is 0 Å². The number of carbonyl (C=O) groups is 1. The van der Waals surface area contributed by atoms with Crippen molar-refractivity contribution in [3.05, 3.63) is 62.6 Å². The quantitative estimate of drug-likeness (QED) is 0.730. The Morgan fingerprint density at radius 2 is 1.96 bits per heavy atom. The van der Waals surface area contributed by atoms with Gasteiger partial charge in [0.25, 0.3) is 5.91 Å². The average Bonchev–Trinajstić information content (AvgIpc) is 2.90. The number of nitrogens with zero attached hydrogens (tertiary/aromatic N) is 3. The summed E-state index contributed by atoms with van der Waals surface area (Å²) < 4.78 is 44.5. The van der Waals surface area contributed by atoms with Crippen LogP contribution < -0.4 is 16.4 Å². The highest BCUT2D eigenvalue weighted by Crippen LogP contribution is 2.25. The molecular formula is C16H13F3N4O4. The van der Waals surface area contributed by atoms with E-state index in [1.807, 2.05) is 0 Å². The van der Waals surface area contributed by atoms with E-state index < -0.39 is 29.0 Å². The van der Waals surface area contributed by atoms with Gasteiger partial charge in [-0.15, -0.1) is 5.10 Å². The van der Waals surface area contributed by atoms with Gasteiger partial charge in [-0.1, -0.05) is 12.1 Å². The Hall–Kier alpha value is -3.37. The summed E-state index contributed by atoms with van der Waals surface area (Å²) in [4.78, 5) is 35.8. The molecular weight excluding hydrogens is 369 g/mol. The molecule has 3 aromatic rings. The summed E-state index contributed by atoms with van der Waals surface area (Å²) in [5.41, 5.74) is -1.14. The Labute approximate surface area is 148 Å². The lowest BCUT2D eigenvalue weighted by Crippen LogP contribution is -2.32. The lowest BCUT2D eigenvalue weighted by atomic mass is 10.2. The van der Waals surface area contributed by atoms with E-state index >= 15 is 0 Å². The Kier molecular flexibility index (Phi) is 4.60. The molecule has 0 fully saturated rings. The van der Waals surface area contributed by atoms with Crippen molar-refractivity contribution in [1.82, 2.24) is 19.7 Å². The minimum atomic E-state index is -4.77. The van der Waals surface area contributed by atoms with E-state index in [0.717, 1.165) is 13.1 Å². The first-order valence-electron chi connectivity index (χ1n) is 7.70. The van der Waals surface area contributed by atoms with Crippen LogP contribution in [0.15, 0.2) is 44.3 Å². The highest BCUT2D eigenvalue weighted by Gasteiger charge is 2.37. The number of amides is 1. The molecule has 0 unspecified atom stereocenters. The number of aromatic nitrogens is 3. The van der Waals surface area contributed by atoms with E-state index in [1.54, 1.807) is 18.2 Å². The monoisotopic (exact) mass is 382 g/mol. The van der Waals surface area contributed by atoms with Gasteiger partial charge in [-0.25, -0.2) is 9.48 Å². The number of nitrogens with one attached hydrogen (secondary N) is 1. The smallest absolute Gasteiger partial charge is 0.451 e. The summed E-state index contributed by atoms with van der Waals surface area (Å²) in [6, 6.07) is 7.39. The third kappa shape index (κ3) is 3.61. The van der Waals surface area contributed by atoms with Crippen LogP contribution in [0, 0.1) is 0 Å². The Bertz CT molecular complexity index is 1130. The summed E-state index contributed by atoms with van der Waals surface area (Å²) in [7, 11) is 0.955. The lowest BCUT2D eigenvalue weighted by Gasteiger charge is -2.05. The summed E-state index contributed by atoms with van der Waals surface area (Å²) in [6.45, 7) is -0.476. The van der Waals surface area contributed by atoms with Crippen LogP contribution in [-0.2, 0) is 19.8 Å². The zero-order valence-corrected chi connectivity index (χ0v) is 13.9. The number of fused-ring (bicyclic) bond motifs is 1. The molecule has 2 heterocycles. The summed E-state index contributed by atoms with van der Waals surface area (Å²) in [5, 5.41) is 5.91. The molecule has 2 aromatic heterocycles. The molecule has 1 aromatic carbocycles. The lowest BCUT2D eigenvalue weighted by molar-refractivity contribution is -0.147. The van der Waals surface area contributed by atoms with E-state index in [9.17, 15) is 27.6 Å². The SMILES string of the molecule is Cn1c(C(F)(F)F)nn(CCNC(=O)c2cc(=O)c3ccccc3o2)c1=O. The van der Waals surface area contributed by atoms with Crippen molar-refractivity contribution in [3.63, 3.8) is 0 Å². The third-order valence-electron chi connectivity index (χ3n) is 3.76. The summed E-state index contributed by atoms with van der Waals surface area (Å²) in [5.74, 6) is -2.32. The van der Waals surface area contributed by atoms with Crippen LogP contribution in [0.1, 0.15) is 16.4 Å². The maximum absolute atomic E-state index is 12.7. The van der Waals surface area contributed by atoms with Crippen molar-refractivity contribution in [2.24, 2.45) is 7.05 Å². The van der Waals surface area contributed by atoms with Crippen molar-refractivity contribution >= 4 is 16.9 Å². The maximum atomic E-state index is 12.7. The minimum absolute atomic E-state index is 0.191. The number of rotatable bonds is 4. The number of halogens is 3. The second kappa shape index (κ2) is 6.74. The molecule has 0 aliphatic heterocycles. The average molecular weight is 382 g/mol. The molecule has 0 atom stereocenters. The maximum Gasteiger partial charge on any atom is 0.451 e. The minimum Gasteiger partial charge on any atom is -0.451 e. The Balaban J connectivity index is 1.72. The molecule has 1 amide bonds. The molecule has 27 heavy (non-hydrogen) atoms. The molecule has 8 nitrogen and oxygen atoms in total. The van der Waals surface area contributed by atoms with Crippen LogP contribution in [-0.4, -0.2) is 26.8 Å². The van der Waals surface area contributed by atoms with Crippen LogP contribution in [0.3, 0.4) is 0 Å². The zero-order chi connectivity index (χ0) is 19.8. The molecule has 0 bridgehead atoms. The van der Waals surface area contributed by atoms with E-state index in [4.69, 9.17) is 4.42 Å². The second-order valence-electron chi connectivity index (χ2n) is 5.61. The molecule has 0 radical (unpaired) electrons. The zero-order valence-electron chi connectivity index (χ0n) is 13.9. The first-order chi connectivity index (χ1) is 12.7. The van der Waals surface area contributed by atoms with Crippen LogP contribution in [0.25, 0.3) is 11.0 Å². The van der Waals surface area contributed by atoms with Gasteiger partial charge in [0, 0.05) is 19.7 Å². The van der Waals surface area contributed by atoms with Gasteiger partial charge in [-0.2, -0.15) is 13.2 Å². The number of hydrogen-bond acceptors (Lipinski definition) is 5. The first kappa shape index (κ1) is 18.4. The van der Waals surface area contributed by atoms with Crippen molar-refractivity contribution in [2.75, 3.05) is 6.54 Å². The molecule has 1 N–H and O–H groups in total. The van der Waals surface area contributed by atoms with Gasteiger partial charge in [-0.3, -0.25) is 14.2 Å². The fraction of sp³-hybridized carbons (Fsp3) is 0.250. The fourth-order valence-corrected chi connectivity index (χ4v) is 2.46. The number of carbonyl (C=O) groups excluding carboxylic acids is 1. The predicted molar refractivity (Wildman–Crippen MR) is 87.3 cm³/mol. The van der Waals surface area contributed by atoms with Gasteiger partial charge in [0.05, 0.1) is 11.9 Å². The summed E-state index contributed by atoms with van der Waals surface area (Å²) in [6.07, 6.45) is -4.77. The molecule has 11 heteroatoms. The number of alkyl halides is 3. The molecule has 0 saturated carbocycles. The molecule has 3 rings (SSSR count). The normalized spacial score (nSPS) is 11.7. The molecule has 0 aliphatic rings. The van der Waals surface area contributed by atoms with E-state index in [0.29, 0.717) is 14.6 Å².